The Labute approximate surface area is 141 Å². The zero-order valence-electron chi connectivity index (χ0n) is 11.6. The number of halogens is 2. The van der Waals surface area contributed by atoms with E-state index in [9.17, 15) is 4.79 Å². The number of carboxylic acids is 1. The minimum absolute atomic E-state index is 0.312. The topological polar surface area (TPSA) is 80.9 Å². The molecule has 0 aliphatic carbocycles. The maximum atomic E-state index is 10.7. The van der Waals surface area contributed by atoms with E-state index in [2.05, 4.69) is 15.1 Å². The molecule has 6 nitrogen and oxygen atoms in total. The summed E-state index contributed by atoms with van der Waals surface area (Å²) in [6.07, 6.45) is 5.40. The first kappa shape index (κ1) is 15.5. The molecule has 0 unspecified atom stereocenters. The maximum Gasteiger partial charge on any atom is 0.328 e. The van der Waals surface area contributed by atoms with Crippen molar-refractivity contribution in [2.75, 3.05) is 0 Å². The van der Waals surface area contributed by atoms with Crippen LogP contribution in [0.2, 0.25) is 10.0 Å². The summed E-state index contributed by atoms with van der Waals surface area (Å²) in [4.78, 5) is 18.9. The molecule has 8 heteroatoms. The summed E-state index contributed by atoms with van der Waals surface area (Å²) in [6, 6.07) is 5.25. The number of benzene rings is 1. The summed E-state index contributed by atoms with van der Waals surface area (Å²) in [5.41, 5.74) is 1.75. The van der Waals surface area contributed by atoms with E-state index < -0.39 is 5.97 Å². The molecule has 0 radical (unpaired) electrons. The molecule has 2 aromatic heterocycles. The van der Waals surface area contributed by atoms with Crippen LogP contribution in [0, 0.1) is 0 Å². The van der Waals surface area contributed by atoms with Gasteiger partial charge in [-0.15, -0.1) is 0 Å². The number of aliphatic carboxylic acids is 1. The first-order valence-electron chi connectivity index (χ1n) is 6.56. The van der Waals surface area contributed by atoms with Gasteiger partial charge in [-0.2, -0.15) is 5.10 Å². The Kier molecular flexibility index (Phi) is 4.27. The van der Waals surface area contributed by atoms with Gasteiger partial charge in [-0.05, 0) is 18.2 Å². The third-order valence-electron chi connectivity index (χ3n) is 3.19. The lowest BCUT2D eigenvalue weighted by Gasteiger charge is -2.07. The van der Waals surface area contributed by atoms with Crippen LogP contribution >= 0.6 is 23.2 Å². The van der Waals surface area contributed by atoms with Crippen molar-refractivity contribution in [3.63, 3.8) is 0 Å². The normalized spacial score (nSPS) is 11.4. The van der Waals surface area contributed by atoms with Crippen LogP contribution in [0.4, 0.5) is 0 Å². The first-order valence-corrected chi connectivity index (χ1v) is 7.32. The van der Waals surface area contributed by atoms with Gasteiger partial charge in [0.25, 0.3) is 0 Å². The Bertz CT molecular complexity index is 901. The molecular weight excluding hydrogens is 339 g/mol. The van der Waals surface area contributed by atoms with E-state index in [0.29, 0.717) is 38.9 Å². The van der Waals surface area contributed by atoms with E-state index in [4.69, 9.17) is 28.3 Å². The molecule has 0 aliphatic rings. The fourth-order valence-electron chi connectivity index (χ4n) is 2.16. The average Bonchev–Trinajstić information content (AvgIpc) is 2.87. The van der Waals surface area contributed by atoms with Crippen molar-refractivity contribution in [3.8, 4) is 0 Å². The van der Waals surface area contributed by atoms with E-state index in [1.54, 1.807) is 29.1 Å². The minimum Gasteiger partial charge on any atom is -0.478 e. The molecule has 0 spiro atoms. The van der Waals surface area contributed by atoms with Gasteiger partial charge in [-0.3, -0.25) is 0 Å². The molecule has 3 rings (SSSR count). The van der Waals surface area contributed by atoms with Crippen LogP contribution in [-0.4, -0.2) is 30.8 Å². The van der Waals surface area contributed by atoms with Crippen LogP contribution in [0.15, 0.2) is 36.8 Å². The SMILES string of the molecule is O=C(O)/C=C/c1nn(Cc2c(Cl)cccc2Cl)c2ncncc12. The van der Waals surface area contributed by atoms with Gasteiger partial charge in [-0.1, -0.05) is 29.3 Å². The Balaban J connectivity index is 2.09. The molecule has 0 fully saturated rings. The zero-order valence-corrected chi connectivity index (χ0v) is 13.2. The molecule has 0 saturated carbocycles. The Morgan fingerprint density at radius 3 is 2.74 bits per heavy atom. The van der Waals surface area contributed by atoms with Crippen molar-refractivity contribution in [3.05, 3.63) is 58.1 Å². The molecule has 1 N–H and O–H groups in total. The van der Waals surface area contributed by atoms with Gasteiger partial charge in [0.15, 0.2) is 5.65 Å². The average molecular weight is 349 g/mol. The molecule has 3 aromatic rings. The monoisotopic (exact) mass is 348 g/mol. The summed E-state index contributed by atoms with van der Waals surface area (Å²) in [5, 5.41) is 14.9. The highest BCUT2D eigenvalue weighted by molar-refractivity contribution is 6.36. The molecule has 1 aromatic carbocycles. The van der Waals surface area contributed by atoms with Crippen molar-refractivity contribution in [2.24, 2.45) is 0 Å². The summed E-state index contributed by atoms with van der Waals surface area (Å²) in [7, 11) is 0. The smallest absolute Gasteiger partial charge is 0.328 e. The van der Waals surface area contributed by atoms with E-state index in [1.807, 2.05) is 0 Å². The maximum absolute atomic E-state index is 10.7. The third kappa shape index (κ3) is 3.18. The number of aromatic nitrogens is 4. The van der Waals surface area contributed by atoms with Crippen molar-refractivity contribution < 1.29 is 9.90 Å². The van der Waals surface area contributed by atoms with Crippen LogP contribution in [0.1, 0.15) is 11.3 Å². The number of fused-ring (bicyclic) bond motifs is 1. The molecule has 116 valence electrons. The molecule has 0 amide bonds. The van der Waals surface area contributed by atoms with Gasteiger partial charge in [-0.25, -0.2) is 19.4 Å². The van der Waals surface area contributed by atoms with Crippen molar-refractivity contribution in [1.82, 2.24) is 19.7 Å². The number of carboxylic acid groups (broad SMARTS) is 1. The summed E-state index contributed by atoms with van der Waals surface area (Å²) in [6.45, 7) is 0.312. The molecule has 0 atom stereocenters. The fourth-order valence-corrected chi connectivity index (χ4v) is 2.67. The van der Waals surface area contributed by atoms with Gasteiger partial charge < -0.3 is 5.11 Å². The highest BCUT2D eigenvalue weighted by Crippen LogP contribution is 2.26. The lowest BCUT2D eigenvalue weighted by atomic mass is 10.2. The second kappa shape index (κ2) is 6.36. The molecule has 0 aliphatic heterocycles. The molecule has 0 saturated heterocycles. The summed E-state index contributed by atoms with van der Waals surface area (Å²) < 4.78 is 1.62. The van der Waals surface area contributed by atoms with Gasteiger partial charge in [0.05, 0.1) is 17.6 Å². The Hall–Kier alpha value is -2.44. The summed E-state index contributed by atoms with van der Waals surface area (Å²) in [5.74, 6) is -1.06. The Morgan fingerprint density at radius 2 is 2.04 bits per heavy atom. The van der Waals surface area contributed by atoms with Crippen molar-refractivity contribution in [2.45, 2.75) is 6.54 Å². The molecular formula is C15H10Cl2N4O2. The number of hydrogen-bond acceptors (Lipinski definition) is 4. The molecule has 2 heterocycles. The van der Waals surface area contributed by atoms with Crippen LogP contribution in [0.3, 0.4) is 0 Å². The van der Waals surface area contributed by atoms with Crippen LogP contribution in [0.25, 0.3) is 17.1 Å². The quantitative estimate of drug-likeness (QED) is 0.731. The number of nitrogens with zero attached hydrogens (tertiary/aromatic N) is 4. The van der Waals surface area contributed by atoms with Gasteiger partial charge >= 0.3 is 5.97 Å². The van der Waals surface area contributed by atoms with E-state index in [0.717, 1.165) is 6.08 Å². The predicted octanol–water partition coefficient (Wildman–Crippen LogP) is 3.28. The second-order valence-corrected chi connectivity index (χ2v) is 5.49. The van der Waals surface area contributed by atoms with Crippen molar-refractivity contribution in [1.29, 1.82) is 0 Å². The lowest BCUT2D eigenvalue weighted by Crippen LogP contribution is -2.04. The molecule has 23 heavy (non-hydrogen) atoms. The third-order valence-corrected chi connectivity index (χ3v) is 3.90. The summed E-state index contributed by atoms with van der Waals surface area (Å²) >= 11 is 12.4. The number of hydrogen-bond donors (Lipinski definition) is 1. The van der Waals surface area contributed by atoms with E-state index >= 15 is 0 Å². The van der Waals surface area contributed by atoms with Gasteiger partial charge in [0.1, 0.15) is 6.33 Å². The van der Waals surface area contributed by atoms with Crippen LogP contribution in [-0.2, 0) is 11.3 Å². The predicted molar refractivity (Wildman–Crippen MR) is 87.6 cm³/mol. The van der Waals surface area contributed by atoms with E-state index in [1.165, 1.54) is 12.4 Å². The van der Waals surface area contributed by atoms with Crippen LogP contribution < -0.4 is 0 Å². The van der Waals surface area contributed by atoms with Crippen LogP contribution in [0.5, 0.6) is 0 Å². The van der Waals surface area contributed by atoms with Gasteiger partial charge in [0.2, 0.25) is 0 Å². The minimum atomic E-state index is -1.06. The second-order valence-electron chi connectivity index (χ2n) is 4.67. The van der Waals surface area contributed by atoms with E-state index in [-0.39, 0.29) is 0 Å². The first-order chi connectivity index (χ1) is 11.1. The zero-order chi connectivity index (χ0) is 16.4. The molecule has 0 bridgehead atoms. The number of rotatable bonds is 4. The lowest BCUT2D eigenvalue weighted by molar-refractivity contribution is -0.131. The van der Waals surface area contributed by atoms with Gasteiger partial charge in [0, 0.05) is 27.9 Å². The van der Waals surface area contributed by atoms with Crippen molar-refractivity contribution >= 4 is 46.3 Å². The Morgan fingerprint density at radius 1 is 1.30 bits per heavy atom. The largest absolute Gasteiger partial charge is 0.478 e. The number of carbonyl (C=O) groups is 1. The standard InChI is InChI=1S/C15H10Cl2N4O2/c16-11-2-1-3-12(17)10(11)7-21-15-9(6-18-8-19-15)13(20-21)4-5-14(22)23/h1-6,8H,7H2,(H,22,23)/b5-4+. The highest BCUT2D eigenvalue weighted by atomic mass is 35.5. The fraction of sp³-hybridized carbons (Fsp3) is 0.0667. The highest BCUT2D eigenvalue weighted by Gasteiger charge is 2.13.